The van der Waals surface area contributed by atoms with Crippen LogP contribution in [0.2, 0.25) is 0 Å². The fourth-order valence-electron chi connectivity index (χ4n) is 4.47. The van der Waals surface area contributed by atoms with Gasteiger partial charge in [0.25, 0.3) is 5.91 Å². The predicted molar refractivity (Wildman–Crippen MR) is 128 cm³/mol. The van der Waals surface area contributed by atoms with Gasteiger partial charge in [0.2, 0.25) is 5.91 Å². The molecule has 0 N–H and O–H groups in total. The number of carbonyl (C=O) groups excluding carboxylic acids is 2. The van der Waals surface area contributed by atoms with Crippen molar-refractivity contribution in [3.05, 3.63) is 77.2 Å². The molecule has 1 aliphatic heterocycles. The lowest BCUT2D eigenvalue weighted by molar-refractivity contribution is -0.138. The molecule has 2 heterocycles. The number of amides is 2. The Kier molecular flexibility index (Phi) is 6.33. The maximum atomic E-state index is 13.3. The van der Waals surface area contributed by atoms with Gasteiger partial charge in [-0.3, -0.25) is 9.59 Å². The molecular weight excluding hydrogens is 420 g/mol. The number of methoxy groups -OCH3 is 1. The Balaban J connectivity index is 1.56. The van der Waals surface area contributed by atoms with Crippen LogP contribution < -0.4 is 4.74 Å². The van der Waals surface area contributed by atoms with Crippen LogP contribution in [0.5, 0.6) is 5.75 Å². The van der Waals surface area contributed by atoms with Crippen molar-refractivity contribution < 1.29 is 14.3 Å². The largest absolute Gasteiger partial charge is 0.497 e. The van der Waals surface area contributed by atoms with Crippen LogP contribution in [0.4, 0.5) is 0 Å². The second-order valence-corrected chi connectivity index (χ2v) is 9.49. The van der Waals surface area contributed by atoms with Gasteiger partial charge in [-0.25, -0.2) is 0 Å². The highest BCUT2D eigenvalue weighted by Crippen LogP contribution is 2.37. The minimum absolute atomic E-state index is 0.0645. The summed E-state index contributed by atoms with van der Waals surface area (Å²) in [4.78, 5) is 31.2. The lowest BCUT2D eigenvalue weighted by Crippen LogP contribution is -2.44. The zero-order chi connectivity index (χ0) is 22.7. The summed E-state index contributed by atoms with van der Waals surface area (Å²) in [7, 11) is 5.16. The minimum atomic E-state index is -0.623. The van der Waals surface area contributed by atoms with E-state index in [2.05, 4.69) is 35.7 Å². The number of likely N-dealkylation sites (tertiary alicyclic amines) is 1. The highest BCUT2D eigenvalue weighted by atomic mass is 32.1. The van der Waals surface area contributed by atoms with Crippen molar-refractivity contribution in [2.24, 2.45) is 5.41 Å². The summed E-state index contributed by atoms with van der Waals surface area (Å²) < 4.78 is 5.26. The van der Waals surface area contributed by atoms with E-state index >= 15 is 0 Å². The van der Waals surface area contributed by atoms with E-state index in [0.29, 0.717) is 37.2 Å². The normalized spacial score (nSPS) is 17.9. The molecular formula is C26H28N2O3S. The smallest absolute Gasteiger partial charge is 0.254 e. The molecule has 6 heteroatoms. The maximum Gasteiger partial charge on any atom is 0.254 e. The van der Waals surface area contributed by atoms with Crippen LogP contribution in [0, 0.1) is 5.41 Å². The Bertz CT molecular complexity index is 1090. The SMILES string of the molecule is COc1cccc(C(=O)N2CCC(Cc3ccc(-c4cccs4)cc3)(C(=O)N(C)C)C2)c1. The molecule has 5 nitrogen and oxygen atoms in total. The standard InChI is InChI=1S/C26H28N2O3S/c1-27(2)25(30)26(17-19-9-11-20(12-10-19)23-8-5-15-32-23)13-14-28(18-26)24(29)21-6-4-7-22(16-21)31-3/h4-12,15-16H,13-14,17-18H2,1-3H3. The minimum Gasteiger partial charge on any atom is -0.497 e. The summed E-state index contributed by atoms with van der Waals surface area (Å²) in [6, 6.07) is 19.8. The molecule has 1 aliphatic rings. The molecule has 4 rings (SSSR count). The Morgan fingerprint density at radius 1 is 1.09 bits per heavy atom. The van der Waals surface area contributed by atoms with Crippen molar-refractivity contribution in [1.82, 2.24) is 9.80 Å². The van der Waals surface area contributed by atoms with Gasteiger partial charge >= 0.3 is 0 Å². The highest BCUT2D eigenvalue weighted by molar-refractivity contribution is 7.13. The molecule has 2 amide bonds. The monoisotopic (exact) mass is 448 g/mol. The average molecular weight is 449 g/mol. The van der Waals surface area contributed by atoms with Crippen molar-refractivity contribution in [2.45, 2.75) is 12.8 Å². The van der Waals surface area contributed by atoms with E-state index in [1.165, 1.54) is 10.4 Å². The van der Waals surface area contributed by atoms with E-state index in [9.17, 15) is 9.59 Å². The van der Waals surface area contributed by atoms with Gasteiger partial charge in [-0.05, 0) is 53.6 Å². The second-order valence-electron chi connectivity index (χ2n) is 8.54. The molecule has 1 aromatic heterocycles. The molecule has 1 fully saturated rings. The van der Waals surface area contributed by atoms with Gasteiger partial charge in [0.05, 0.1) is 12.5 Å². The van der Waals surface area contributed by atoms with E-state index in [4.69, 9.17) is 4.74 Å². The Morgan fingerprint density at radius 2 is 1.88 bits per heavy atom. The van der Waals surface area contributed by atoms with Gasteiger partial charge in [0.1, 0.15) is 5.75 Å². The summed E-state index contributed by atoms with van der Waals surface area (Å²) in [5.74, 6) is 0.655. The summed E-state index contributed by atoms with van der Waals surface area (Å²) >= 11 is 1.71. The number of nitrogens with zero attached hydrogens (tertiary/aromatic N) is 2. The zero-order valence-corrected chi connectivity index (χ0v) is 19.5. The Morgan fingerprint density at radius 3 is 2.53 bits per heavy atom. The summed E-state index contributed by atoms with van der Waals surface area (Å²) in [6.07, 6.45) is 1.25. The third kappa shape index (κ3) is 4.41. The third-order valence-electron chi connectivity index (χ3n) is 6.12. The molecule has 1 atom stereocenters. The first-order valence-electron chi connectivity index (χ1n) is 10.7. The first kappa shape index (κ1) is 22.1. The van der Waals surface area contributed by atoms with E-state index < -0.39 is 5.41 Å². The van der Waals surface area contributed by atoms with Gasteiger partial charge in [-0.15, -0.1) is 11.3 Å². The van der Waals surface area contributed by atoms with Gasteiger partial charge in [-0.1, -0.05) is 36.4 Å². The molecule has 32 heavy (non-hydrogen) atoms. The van der Waals surface area contributed by atoms with Gasteiger partial charge in [-0.2, -0.15) is 0 Å². The number of benzene rings is 2. The van der Waals surface area contributed by atoms with Crippen LogP contribution >= 0.6 is 11.3 Å². The van der Waals surface area contributed by atoms with E-state index in [0.717, 1.165) is 5.56 Å². The summed E-state index contributed by atoms with van der Waals surface area (Å²) in [5, 5.41) is 2.07. The van der Waals surface area contributed by atoms with E-state index in [-0.39, 0.29) is 11.8 Å². The molecule has 0 spiro atoms. The molecule has 0 radical (unpaired) electrons. The predicted octanol–water partition coefficient (Wildman–Crippen LogP) is 4.59. The number of hydrogen-bond acceptors (Lipinski definition) is 4. The first-order valence-corrected chi connectivity index (χ1v) is 11.6. The Hall–Kier alpha value is -3.12. The van der Waals surface area contributed by atoms with Gasteiger partial charge in [0, 0.05) is 37.6 Å². The summed E-state index contributed by atoms with van der Waals surface area (Å²) in [5.41, 5.74) is 2.24. The maximum absolute atomic E-state index is 13.3. The van der Waals surface area contributed by atoms with Crippen LogP contribution in [0.15, 0.2) is 66.0 Å². The first-order chi connectivity index (χ1) is 15.4. The summed E-state index contributed by atoms with van der Waals surface area (Å²) in [6.45, 7) is 0.968. The molecule has 0 aliphatic carbocycles. The van der Waals surface area contributed by atoms with E-state index in [1.54, 1.807) is 54.5 Å². The van der Waals surface area contributed by atoms with Crippen LogP contribution in [0.3, 0.4) is 0 Å². The quantitative estimate of drug-likeness (QED) is 0.554. The van der Waals surface area contributed by atoms with Crippen LogP contribution in [0.1, 0.15) is 22.3 Å². The van der Waals surface area contributed by atoms with Crippen molar-refractivity contribution in [3.8, 4) is 16.2 Å². The average Bonchev–Trinajstić information content (AvgIpc) is 3.50. The fourth-order valence-corrected chi connectivity index (χ4v) is 5.21. The molecule has 166 valence electrons. The number of carbonyl (C=O) groups is 2. The molecule has 1 saturated heterocycles. The van der Waals surface area contributed by atoms with Crippen molar-refractivity contribution in [3.63, 3.8) is 0 Å². The molecule has 0 bridgehead atoms. The molecule has 0 saturated carbocycles. The number of ether oxygens (including phenoxy) is 1. The van der Waals surface area contributed by atoms with E-state index in [1.807, 2.05) is 18.2 Å². The molecule has 1 unspecified atom stereocenters. The number of rotatable bonds is 6. The highest BCUT2D eigenvalue weighted by Gasteiger charge is 2.46. The number of hydrogen-bond donors (Lipinski definition) is 0. The van der Waals surface area contributed by atoms with Crippen molar-refractivity contribution in [1.29, 1.82) is 0 Å². The lowest BCUT2D eigenvalue weighted by atomic mass is 9.79. The molecule has 3 aromatic rings. The van der Waals surface area contributed by atoms with Crippen LogP contribution in [-0.4, -0.2) is 55.9 Å². The molecule has 2 aromatic carbocycles. The zero-order valence-electron chi connectivity index (χ0n) is 18.7. The van der Waals surface area contributed by atoms with Crippen molar-refractivity contribution in [2.75, 3.05) is 34.3 Å². The third-order valence-corrected chi connectivity index (χ3v) is 7.04. The number of thiophene rings is 1. The van der Waals surface area contributed by atoms with Crippen molar-refractivity contribution >= 4 is 23.2 Å². The second kappa shape index (κ2) is 9.17. The van der Waals surface area contributed by atoms with Gasteiger partial charge < -0.3 is 14.5 Å². The topological polar surface area (TPSA) is 49.9 Å². The Labute approximate surface area is 193 Å². The van der Waals surface area contributed by atoms with Gasteiger partial charge in [0.15, 0.2) is 0 Å². The van der Waals surface area contributed by atoms with Crippen LogP contribution in [-0.2, 0) is 11.2 Å². The van der Waals surface area contributed by atoms with Crippen LogP contribution in [0.25, 0.3) is 10.4 Å². The lowest BCUT2D eigenvalue weighted by Gasteiger charge is -2.31. The fraction of sp³-hybridized carbons (Fsp3) is 0.308.